The van der Waals surface area contributed by atoms with Gasteiger partial charge in [-0.3, -0.25) is 0 Å². The standard InChI is InChI=1S/C18H20F3N3S/c19-18(20,21)14-5-6-15(24-9-7-23-8-10-24)17(11-14)25-16-4-2-1-3-13(16)12-22/h1-6,11,23H,7-10,12,22H2. The highest BCUT2D eigenvalue weighted by Gasteiger charge is 2.31. The zero-order chi connectivity index (χ0) is 17.9. The molecular weight excluding hydrogens is 347 g/mol. The van der Waals surface area contributed by atoms with E-state index in [1.54, 1.807) is 6.07 Å². The van der Waals surface area contributed by atoms with Crippen molar-refractivity contribution >= 4 is 17.4 Å². The molecule has 0 spiro atoms. The number of anilines is 1. The molecule has 0 unspecified atom stereocenters. The highest BCUT2D eigenvalue weighted by molar-refractivity contribution is 7.99. The Bertz CT molecular complexity index is 728. The van der Waals surface area contributed by atoms with Crippen molar-refractivity contribution in [3.05, 3.63) is 53.6 Å². The van der Waals surface area contributed by atoms with Crippen molar-refractivity contribution < 1.29 is 13.2 Å². The Morgan fingerprint density at radius 3 is 2.44 bits per heavy atom. The summed E-state index contributed by atoms with van der Waals surface area (Å²) in [6, 6.07) is 11.6. The molecule has 3 N–H and O–H groups in total. The topological polar surface area (TPSA) is 41.3 Å². The van der Waals surface area contributed by atoms with E-state index < -0.39 is 11.7 Å². The third kappa shape index (κ3) is 4.29. The first kappa shape index (κ1) is 18.1. The van der Waals surface area contributed by atoms with E-state index in [1.807, 2.05) is 24.3 Å². The molecule has 0 bridgehead atoms. The first-order valence-corrected chi connectivity index (χ1v) is 8.93. The summed E-state index contributed by atoms with van der Waals surface area (Å²) in [5, 5.41) is 3.26. The molecule has 1 saturated heterocycles. The van der Waals surface area contributed by atoms with Crippen molar-refractivity contribution in [2.45, 2.75) is 22.5 Å². The summed E-state index contributed by atoms with van der Waals surface area (Å²) in [5.74, 6) is 0. The largest absolute Gasteiger partial charge is 0.416 e. The second-order valence-corrected chi connectivity index (χ2v) is 6.91. The van der Waals surface area contributed by atoms with Gasteiger partial charge in [0.05, 0.1) is 11.3 Å². The van der Waals surface area contributed by atoms with E-state index in [4.69, 9.17) is 5.73 Å². The fraction of sp³-hybridized carbons (Fsp3) is 0.333. The quantitative estimate of drug-likeness (QED) is 0.864. The Labute approximate surface area is 149 Å². The minimum atomic E-state index is -4.36. The first-order valence-electron chi connectivity index (χ1n) is 8.12. The molecule has 0 amide bonds. The van der Waals surface area contributed by atoms with Gasteiger partial charge in [-0.1, -0.05) is 30.0 Å². The van der Waals surface area contributed by atoms with Gasteiger partial charge in [-0.25, -0.2) is 0 Å². The predicted octanol–water partition coefficient (Wildman–Crippen LogP) is 3.72. The van der Waals surface area contributed by atoms with Crippen molar-refractivity contribution in [1.82, 2.24) is 5.32 Å². The molecule has 1 fully saturated rings. The van der Waals surface area contributed by atoms with Crippen LogP contribution < -0.4 is 16.0 Å². The lowest BCUT2D eigenvalue weighted by Gasteiger charge is -2.31. The summed E-state index contributed by atoms with van der Waals surface area (Å²) in [6.07, 6.45) is -4.36. The maximum Gasteiger partial charge on any atom is 0.416 e. The smallest absolute Gasteiger partial charge is 0.368 e. The van der Waals surface area contributed by atoms with Gasteiger partial charge in [0.15, 0.2) is 0 Å². The third-order valence-corrected chi connectivity index (χ3v) is 5.32. The fourth-order valence-corrected chi connectivity index (χ4v) is 3.98. The van der Waals surface area contributed by atoms with Crippen LogP contribution in [0.15, 0.2) is 52.3 Å². The molecule has 0 aliphatic carbocycles. The number of piperazine rings is 1. The minimum Gasteiger partial charge on any atom is -0.368 e. The van der Waals surface area contributed by atoms with Crippen molar-refractivity contribution in [3.63, 3.8) is 0 Å². The minimum absolute atomic E-state index is 0.352. The molecule has 134 valence electrons. The zero-order valence-corrected chi connectivity index (χ0v) is 14.5. The Morgan fingerprint density at radius 1 is 1.04 bits per heavy atom. The summed E-state index contributed by atoms with van der Waals surface area (Å²) in [5.41, 5.74) is 6.91. The van der Waals surface area contributed by atoms with Crippen molar-refractivity contribution in [2.24, 2.45) is 5.73 Å². The van der Waals surface area contributed by atoms with E-state index in [9.17, 15) is 13.2 Å². The Balaban J connectivity index is 2.01. The molecule has 1 aliphatic rings. The summed E-state index contributed by atoms with van der Waals surface area (Å²) in [7, 11) is 0. The number of nitrogens with one attached hydrogen (secondary N) is 1. The Kier molecular flexibility index (Phi) is 5.56. The molecule has 1 heterocycles. The molecular formula is C18H20F3N3S. The van der Waals surface area contributed by atoms with Crippen LogP contribution >= 0.6 is 11.8 Å². The van der Waals surface area contributed by atoms with Crippen LogP contribution in [0.25, 0.3) is 0 Å². The normalized spacial score (nSPS) is 15.4. The number of rotatable bonds is 4. The van der Waals surface area contributed by atoms with Gasteiger partial charge in [-0.15, -0.1) is 0 Å². The fourth-order valence-electron chi connectivity index (χ4n) is 2.83. The molecule has 7 heteroatoms. The Hall–Kier alpha value is -1.70. The van der Waals surface area contributed by atoms with Gasteiger partial charge >= 0.3 is 6.18 Å². The van der Waals surface area contributed by atoms with Crippen LogP contribution in [0.5, 0.6) is 0 Å². The highest BCUT2D eigenvalue weighted by Crippen LogP contribution is 2.41. The molecule has 2 aromatic rings. The van der Waals surface area contributed by atoms with Crippen molar-refractivity contribution in [1.29, 1.82) is 0 Å². The van der Waals surface area contributed by atoms with E-state index in [0.717, 1.165) is 48.4 Å². The average Bonchev–Trinajstić information content (AvgIpc) is 2.62. The molecule has 0 saturated carbocycles. The number of halogens is 3. The lowest BCUT2D eigenvalue weighted by atomic mass is 10.1. The number of hydrogen-bond donors (Lipinski definition) is 2. The summed E-state index contributed by atoms with van der Waals surface area (Å²) >= 11 is 1.35. The van der Waals surface area contributed by atoms with E-state index in [0.29, 0.717) is 11.4 Å². The van der Waals surface area contributed by atoms with Gasteiger partial charge < -0.3 is 16.0 Å². The van der Waals surface area contributed by atoms with Gasteiger partial charge in [0.25, 0.3) is 0 Å². The van der Waals surface area contributed by atoms with Crippen molar-refractivity contribution in [3.8, 4) is 0 Å². The monoisotopic (exact) mass is 367 g/mol. The predicted molar refractivity (Wildman–Crippen MR) is 95.0 cm³/mol. The van der Waals surface area contributed by atoms with Crippen LogP contribution in [0, 0.1) is 0 Å². The van der Waals surface area contributed by atoms with Gasteiger partial charge in [-0.2, -0.15) is 13.2 Å². The molecule has 2 aromatic carbocycles. The molecule has 0 atom stereocenters. The van der Waals surface area contributed by atoms with Gasteiger partial charge in [-0.05, 0) is 29.8 Å². The van der Waals surface area contributed by atoms with Crippen LogP contribution in [-0.4, -0.2) is 26.2 Å². The Morgan fingerprint density at radius 2 is 1.76 bits per heavy atom. The number of nitrogens with zero attached hydrogens (tertiary/aromatic N) is 1. The second-order valence-electron chi connectivity index (χ2n) is 5.83. The molecule has 0 radical (unpaired) electrons. The van der Waals surface area contributed by atoms with Gasteiger partial charge in [0.1, 0.15) is 0 Å². The van der Waals surface area contributed by atoms with E-state index >= 15 is 0 Å². The van der Waals surface area contributed by atoms with Crippen LogP contribution in [0.4, 0.5) is 18.9 Å². The molecule has 25 heavy (non-hydrogen) atoms. The third-order valence-electron chi connectivity index (χ3n) is 4.16. The number of benzene rings is 2. The van der Waals surface area contributed by atoms with Gasteiger partial charge in [0.2, 0.25) is 0 Å². The summed E-state index contributed by atoms with van der Waals surface area (Å²) in [4.78, 5) is 3.63. The molecule has 3 rings (SSSR count). The average molecular weight is 367 g/mol. The van der Waals surface area contributed by atoms with E-state index in [2.05, 4.69) is 10.2 Å². The first-order chi connectivity index (χ1) is 12.0. The summed E-state index contributed by atoms with van der Waals surface area (Å²) < 4.78 is 39.5. The lowest BCUT2D eigenvalue weighted by Crippen LogP contribution is -2.43. The van der Waals surface area contributed by atoms with Crippen LogP contribution in [-0.2, 0) is 12.7 Å². The second kappa shape index (κ2) is 7.68. The van der Waals surface area contributed by atoms with Gasteiger partial charge in [0, 0.05) is 42.5 Å². The molecule has 0 aromatic heterocycles. The lowest BCUT2D eigenvalue weighted by molar-refractivity contribution is -0.137. The van der Waals surface area contributed by atoms with Crippen LogP contribution in [0.1, 0.15) is 11.1 Å². The van der Waals surface area contributed by atoms with E-state index in [-0.39, 0.29) is 0 Å². The number of nitrogens with two attached hydrogens (primary N) is 1. The highest BCUT2D eigenvalue weighted by atomic mass is 32.2. The summed E-state index contributed by atoms with van der Waals surface area (Å²) in [6.45, 7) is 3.55. The molecule has 1 aliphatic heterocycles. The maximum atomic E-state index is 13.2. The number of hydrogen-bond acceptors (Lipinski definition) is 4. The van der Waals surface area contributed by atoms with Crippen LogP contribution in [0.3, 0.4) is 0 Å². The number of alkyl halides is 3. The molecule has 3 nitrogen and oxygen atoms in total. The van der Waals surface area contributed by atoms with E-state index in [1.165, 1.54) is 17.8 Å². The zero-order valence-electron chi connectivity index (χ0n) is 13.6. The van der Waals surface area contributed by atoms with Crippen molar-refractivity contribution in [2.75, 3.05) is 31.1 Å². The SMILES string of the molecule is NCc1ccccc1Sc1cc(C(F)(F)F)ccc1N1CCNCC1. The maximum absolute atomic E-state index is 13.2. The van der Waals surface area contributed by atoms with Crippen LogP contribution in [0.2, 0.25) is 0 Å².